The van der Waals surface area contributed by atoms with Crippen LogP contribution in [0.4, 0.5) is 0 Å². The molecule has 0 N–H and O–H groups in total. The molecule has 3 rings (SSSR count). The molecule has 0 saturated heterocycles. The second-order valence-corrected chi connectivity index (χ2v) is 6.85. The van der Waals surface area contributed by atoms with Crippen molar-refractivity contribution in [2.24, 2.45) is 0 Å². The van der Waals surface area contributed by atoms with Crippen LogP contribution < -0.4 is 0 Å². The Kier molecular flexibility index (Phi) is 4.27. The normalized spacial score (nSPS) is 15.6. The zero-order chi connectivity index (χ0) is 15.0. The zero-order valence-corrected chi connectivity index (χ0v) is 14.5. The van der Waals surface area contributed by atoms with E-state index in [0.29, 0.717) is 16.9 Å². The summed E-state index contributed by atoms with van der Waals surface area (Å²) in [6.07, 6.45) is 6.71. The summed E-state index contributed by atoms with van der Waals surface area (Å²) in [7, 11) is 0. The first-order valence-corrected chi connectivity index (χ1v) is 8.40. The van der Waals surface area contributed by atoms with Gasteiger partial charge in [0.15, 0.2) is 5.82 Å². The molecule has 1 saturated carbocycles. The highest BCUT2D eigenvalue weighted by molar-refractivity contribution is 9.10. The summed E-state index contributed by atoms with van der Waals surface area (Å²) in [6.45, 7) is 4.06. The Bertz CT molecular complexity index is 681. The van der Waals surface area contributed by atoms with Crippen LogP contribution >= 0.6 is 27.5 Å². The van der Waals surface area contributed by atoms with E-state index in [-0.39, 0.29) is 0 Å². The van der Waals surface area contributed by atoms with Crippen LogP contribution in [-0.4, -0.2) is 15.0 Å². The number of aromatic nitrogens is 3. The molecule has 110 valence electrons. The fourth-order valence-electron chi connectivity index (χ4n) is 2.96. The Hall–Kier alpha value is -1.00. The van der Waals surface area contributed by atoms with Gasteiger partial charge in [-0.3, -0.25) is 4.98 Å². The van der Waals surface area contributed by atoms with E-state index in [0.717, 1.165) is 27.0 Å². The molecular formula is C16H17BrClN3. The first-order chi connectivity index (χ1) is 10.1. The smallest absolute Gasteiger partial charge is 0.180 e. The van der Waals surface area contributed by atoms with E-state index in [4.69, 9.17) is 16.6 Å². The maximum absolute atomic E-state index is 6.31. The Morgan fingerprint density at radius 2 is 1.90 bits per heavy atom. The molecule has 5 heteroatoms. The summed E-state index contributed by atoms with van der Waals surface area (Å²) in [4.78, 5) is 13.7. The van der Waals surface area contributed by atoms with Gasteiger partial charge in [-0.25, -0.2) is 9.97 Å². The second kappa shape index (κ2) is 6.01. The number of rotatable bonds is 2. The summed E-state index contributed by atoms with van der Waals surface area (Å²) in [5.74, 6) is 1.10. The molecule has 2 aromatic rings. The molecule has 3 nitrogen and oxygen atoms in total. The van der Waals surface area contributed by atoms with Gasteiger partial charge >= 0.3 is 0 Å². The molecule has 2 heterocycles. The predicted octanol–water partition coefficient (Wildman–Crippen LogP) is 5.23. The third-order valence-electron chi connectivity index (χ3n) is 4.01. The summed E-state index contributed by atoms with van der Waals surface area (Å²) in [5.41, 5.74) is 4.06. The third kappa shape index (κ3) is 2.97. The van der Waals surface area contributed by atoms with Crippen LogP contribution in [0.3, 0.4) is 0 Å². The van der Waals surface area contributed by atoms with Crippen molar-refractivity contribution in [3.63, 3.8) is 0 Å². The maximum Gasteiger partial charge on any atom is 0.180 e. The van der Waals surface area contributed by atoms with Gasteiger partial charge in [-0.15, -0.1) is 0 Å². The third-order valence-corrected chi connectivity index (χ3v) is 5.29. The number of nitrogens with zero attached hydrogens (tertiary/aromatic N) is 3. The number of aryl methyl sites for hydroxylation is 2. The van der Waals surface area contributed by atoms with E-state index >= 15 is 0 Å². The maximum atomic E-state index is 6.31. The molecule has 1 fully saturated rings. The molecule has 21 heavy (non-hydrogen) atoms. The van der Waals surface area contributed by atoms with Gasteiger partial charge in [0.2, 0.25) is 0 Å². The number of hydrogen-bond acceptors (Lipinski definition) is 3. The average Bonchev–Trinajstić information content (AvgIpc) is 2.96. The van der Waals surface area contributed by atoms with E-state index < -0.39 is 0 Å². The molecule has 0 spiro atoms. The molecule has 0 bridgehead atoms. The van der Waals surface area contributed by atoms with Crippen LogP contribution in [0.15, 0.2) is 16.7 Å². The molecule has 0 radical (unpaired) electrons. The lowest BCUT2D eigenvalue weighted by Crippen LogP contribution is -2.04. The fraction of sp³-hybridized carbons (Fsp3) is 0.438. The van der Waals surface area contributed by atoms with Crippen LogP contribution in [0.25, 0.3) is 11.5 Å². The quantitative estimate of drug-likeness (QED) is 0.683. The second-order valence-electron chi connectivity index (χ2n) is 5.70. The number of hydrogen-bond donors (Lipinski definition) is 0. The van der Waals surface area contributed by atoms with Crippen molar-refractivity contribution in [1.82, 2.24) is 15.0 Å². The van der Waals surface area contributed by atoms with Crippen molar-refractivity contribution in [3.05, 3.63) is 38.7 Å². The van der Waals surface area contributed by atoms with Crippen molar-refractivity contribution < 1.29 is 0 Å². The van der Waals surface area contributed by atoms with Crippen LogP contribution in [-0.2, 0) is 0 Å². The van der Waals surface area contributed by atoms with Crippen molar-refractivity contribution in [2.75, 3.05) is 0 Å². The first-order valence-electron chi connectivity index (χ1n) is 7.23. The highest BCUT2D eigenvalue weighted by atomic mass is 79.9. The largest absolute Gasteiger partial charge is 0.252 e. The summed E-state index contributed by atoms with van der Waals surface area (Å²) >= 11 is 9.85. The minimum Gasteiger partial charge on any atom is -0.252 e. The van der Waals surface area contributed by atoms with Crippen molar-refractivity contribution in [1.29, 1.82) is 0 Å². The van der Waals surface area contributed by atoms with E-state index in [1.54, 1.807) is 0 Å². The van der Waals surface area contributed by atoms with Crippen LogP contribution in [0.5, 0.6) is 0 Å². The number of pyridine rings is 1. The lowest BCUT2D eigenvalue weighted by atomic mass is 10.0. The molecule has 2 aromatic heterocycles. The monoisotopic (exact) mass is 365 g/mol. The van der Waals surface area contributed by atoms with Gasteiger partial charge in [0.1, 0.15) is 10.8 Å². The fourth-order valence-corrected chi connectivity index (χ4v) is 3.64. The molecule has 0 aliphatic heterocycles. The van der Waals surface area contributed by atoms with E-state index in [2.05, 4.69) is 32.0 Å². The molecule has 1 aliphatic rings. The molecule has 1 aliphatic carbocycles. The molecule has 0 atom stereocenters. The van der Waals surface area contributed by atoms with Crippen molar-refractivity contribution >= 4 is 27.5 Å². The van der Waals surface area contributed by atoms with Crippen molar-refractivity contribution in [2.45, 2.75) is 45.4 Å². The Morgan fingerprint density at radius 1 is 1.19 bits per heavy atom. The van der Waals surface area contributed by atoms with E-state index in [9.17, 15) is 0 Å². The Morgan fingerprint density at radius 3 is 2.57 bits per heavy atom. The highest BCUT2D eigenvalue weighted by Gasteiger charge is 2.24. The lowest BCUT2D eigenvalue weighted by Gasteiger charge is -2.14. The Labute approximate surface area is 138 Å². The van der Waals surface area contributed by atoms with Crippen molar-refractivity contribution in [3.8, 4) is 11.5 Å². The van der Waals surface area contributed by atoms with Crippen LogP contribution in [0.1, 0.15) is 48.4 Å². The summed E-state index contributed by atoms with van der Waals surface area (Å²) in [6, 6.07) is 2.09. The zero-order valence-electron chi connectivity index (χ0n) is 12.2. The molecule has 0 aromatic carbocycles. The lowest BCUT2D eigenvalue weighted by molar-refractivity contribution is 0.690. The SMILES string of the molecule is Cc1cnc(-c2nc(Cl)c(Br)c(C3CCCC3)n2)c(C)c1. The van der Waals surface area contributed by atoms with Gasteiger partial charge in [0, 0.05) is 12.1 Å². The van der Waals surface area contributed by atoms with Gasteiger partial charge in [0.05, 0.1) is 10.2 Å². The van der Waals surface area contributed by atoms with Gasteiger partial charge in [-0.05, 0) is 53.7 Å². The van der Waals surface area contributed by atoms with E-state index in [1.807, 2.05) is 20.0 Å². The number of halogens is 2. The standard InChI is InChI=1S/C16H17BrClN3/c1-9-7-10(2)13(19-8-9)16-20-14(11-5-3-4-6-11)12(17)15(18)21-16/h7-8,11H,3-6H2,1-2H3. The van der Waals surface area contributed by atoms with Gasteiger partial charge in [0.25, 0.3) is 0 Å². The van der Waals surface area contributed by atoms with E-state index in [1.165, 1.54) is 25.7 Å². The predicted molar refractivity (Wildman–Crippen MR) is 88.7 cm³/mol. The minimum absolute atomic E-state index is 0.476. The van der Waals surface area contributed by atoms with Crippen LogP contribution in [0.2, 0.25) is 5.15 Å². The Balaban J connectivity index is 2.10. The van der Waals surface area contributed by atoms with Gasteiger partial charge in [-0.1, -0.05) is 30.5 Å². The highest BCUT2D eigenvalue weighted by Crippen LogP contribution is 2.39. The van der Waals surface area contributed by atoms with Gasteiger partial charge in [-0.2, -0.15) is 0 Å². The van der Waals surface area contributed by atoms with Gasteiger partial charge < -0.3 is 0 Å². The first kappa shape index (κ1) is 14.9. The average molecular weight is 367 g/mol. The molecule has 0 amide bonds. The minimum atomic E-state index is 0.476. The summed E-state index contributed by atoms with van der Waals surface area (Å²) < 4.78 is 0.838. The van der Waals surface area contributed by atoms with Crippen LogP contribution in [0, 0.1) is 13.8 Å². The molecule has 0 unspecified atom stereocenters. The molecular weight excluding hydrogens is 350 g/mol. The topological polar surface area (TPSA) is 38.7 Å². The summed E-state index contributed by atoms with van der Waals surface area (Å²) in [5, 5.41) is 0.476.